The minimum atomic E-state index is 0.462. The molecule has 1 heterocycles. The molecule has 0 saturated carbocycles. The first-order valence-corrected chi connectivity index (χ1v) is 7.53. The van der Waals surface area contributed by atoms with Crippen LogP contribution in [0.1, 0.15) is 27.2 Å². The Morgan fingerprint density at radius 1 is 1.41 bits per heavy atom. The molecule has 2 atom stereocenters. The predicted octanol–water partition coefficient (Wildman–Crippen LogP) is 4.91. The first kappa shape index (κ1) is 12.8. The summed E-state index contributed by atoms with van der Waals surface area (Å²) in [6.07, 6.45) is 1.19. The highest BCUT2D eigenvalue weighted by atomic mass is 79.9. The van der Waals surface area contributed by atoms with Crippen LogP contribution in [0.5, 0.6) is 0 Å². The smallest absolute Gasteiger partial charge is 0.184 e. The number of thiazole rings is 1. The van der Waals surface area contributed by atoms with Crippen LogP contribution >= 0.6 is 27.3 Å². The van der Waals surface area contributed by atoms with E-state index in [0.717, 1.165) is 15.1 Å². The fourth-order valence-electron chi connectivity index (χ4n) is 1.65. The molecule has 0 aliphatic rings. The van der Waals surface area contributed by atoms with Gasteiger partial charge in [-0.1, -0.05) is 47.5 Å². The summed E-state index contributed by atoms with van der Waals surface area (Å²) in [6, 6.07) is 6.66. The quantitative estimate of drug-likeness (QED) is 0.868. The average Bonchev–Trinajstić information content (AvgIpc) is 2.69. The number of halogens is 1. The van der Waals surface area contributed by atoms with Crippen molar-refractivity contribution in [2.45, 2.75) is 33.2 Å². The summed E-state index contributed by atoms with van der Waals surface area (Å²) in [7, 11) is 0. The van der Waals surface area contributed by atoms with Crippen molar-refractivity contribution in [3.8, 4) is 0 Å². The molecular weight excluding hydrogens is 296 g/mol. The van der Waals surface area contributed by atoms with Crippen LogP contribution in [0, 0.1) is 5.92 Å². The summed E-state index contributed by atoms with van der Waals surface area (Å²) in [6.45, 7) is 6.70. The molecule has 0 spiro atoms. The van der Waals surface area contributed by atoms with Gasteiger partial charge >= 0.3 is 0 Å². The van der Waals surface area contributed by atoms with Gasteiger partial charge in [-0.25, -0.2) is 4.98 Å². The van der Waals surface area contributed by atoms with Crippen LogP contribution in [0.4, 0.5) is 5.13 Å². The minimum Gasteiger partial charge on any atom is -0.359 e. The fourth-order valence-corrected chi connectivity index (χ4v) is 3.16. The van der Waals surface area contributed by atoms with E-state index in [9.17, 15) is 0 Å². The number of fused-ring (bicyclic) bond motifs is 1. The number of hydrogen-bond donors (Lipinski definition) is 1. The lowest BCUT2D eigenvalue weighted by Gasteiger charge is -2.18. The van der Waals surface area contributed by atoms with Crippen molar-refractivity contribution in [2.75, 3.05) is 5.32 Å². The monoisotopic (exact) mass is 312 g/mol. The van der Waals surface area contributed by atoms with Crippen LogP contribution in [0.15, 0.2) is 22.7 Å². The molecule has 2 unspecified atom stereocenters. The lowest BCUT2D eigenvalue weighted by Crippen LogP contribution is -2.22. The maximum absolute atomic E-state index is 4.60. The molecule has 1 N–H and O–H groups in total. The molecule has 0 aliphatic carbocycles. The first-order chi connectivity index (χ1) is 8.10. The summed E-state index contributed by atoms with van der Waals surface area (Å²) in [5.74, 6) is 0.661. The van der Waals surface area contributed by atoms with Crippen molar-refractivity contribution in [3.05, 3.63) is 22.7 Å². The third-order valence-corrected chi connectivity index (χ3v) is 4.64. The second-order valence-corrected chi connectivity index (χ2v) is 6.40. The van der Waals surface area contributed by atoms with Gasteiger partial charge in [0.15, 0.2) is 5.13 Å². The Hall–Kier alpha value is -0.610. The van der Waals surface area contributed by atoms with Crippen molar-refractivity contribution in [1.82, 2.24) is 4.98 Å². The fraction of sp³-hybridized carbons (Fsp3) is 0.462. The Morgan fingerprint density at radius 2 is 2.18 bits per heavy atom. The van der Waals surface area contributed by atoms with Gasteiger partial charge in [0.25, 0.3) is 0 Å². The van der Waals surface area contributed by atoms with Gasteiger partial charge in [0.2, 0.25) is 0 Å². The topological polar surface area (TPSA) is 24.9 Å². The number of nitrogens with one attached hydrogen (secondary N) is 1. The number of aromatic nitrogens is 1. The van der Waals surface area contributed by atoms with Gasteiger partial charge < -0.3 is 5.32 Å². The van der Waals surface area contributed by atoms with E-state index < -0.39 is 0 Å². The molecule has 0 saturated heterocycles. The second-order valence-electron chi connectivity index (χ2n) is 4.45. The molecule has 17 heavy (non-hydrogen) atoms. The van der Waals surface area contributed by atoms with E-state index in [4.69, 9.17) is 0 Å². The molecule has 0 fully saturated rings. The number of benzene rings is 1. The third-order valence-electron chi connectivity index (χ3n) is 3.20. The highest BCUT2D eigenvalue weighted by molar-refractivity contribution is 9.10. The van der Waals surface area contributed by atoms with E-state index in [1.165, 1.54) is 11.1 Å². The van der Waals surface area contributed by atoms with Gasteiger partial charge in [-0.2, -0.15) is 0 Å². The number of anilines is 1. The zero-order valence-electron chi connectivity index (χ0n) is 10.3. The van der Waals surface area contributed by atoms with Crippen LogP contribution in [0.3, 0.4) is 0 Å². The van der Waals surface area contributed by atoms with Crippen molar-refractivity contribution in [3.63, 3.8) is 0 Å². The zero-order chi connectivity index (χ0) is 12.4. The molecule has 0 radical (unpaired) electrons. The van der Waals surface area contributed by atoms with Crippen molar-refractivity contribution in [1.29, 1.82) is 0 Å². The van der Waals surface area contributed by atoms with Gasteiger partial charge in [0.05, 0.1) is 10.2 Å². The van der Waals surface area contributed by atoms with E-state index in [-0.39, 0.29) is 0 Å². The zero-order valence-corrected chi connectivity index (χ0v) is 12.7. The van der Waals surface area contributed by atoms with E-state index in [1.54, 1.807) is 11.3 Å². The first-order valence-electron chi connectivity index (χ1n) is 5.92. The Bertz CT molecular complexity index is 509. The molecule has 2 nitrogen and oxygen atoms in total. The highest BCUT2D eigenvalue weighted by Crippen LogP contribution is 2.29. The molecule has 2 rings (SSSR count). The number of rotatable bonds is 4. The predicted molar refractivity (Wildman–Crippen MR) is 79.9 cm³/mol. The molecule has 4 heteroatoms. The van der Waals surface area contributed by atoms with Crippen LogP contribution in [0.25, 0.3) is 10.2 Å². The van der Waals surface area contributed by atoms with Crippen molar-refractivity contribution >= 4 is 42.6 Å². The molecular formula is C13H17BrN2S. The summed E-state index contributed by atoms with van der Waals surface area (Å²) in [5.41, 5.74) is 1.07. The lowest BCUT2D eigenvalue weighted by molar-refractivity contribution is 0.494. The Labute approximate surface area is 115 Å². The van der Waals surface area contributed by atoms with Crippen LogP contribution in [-0.4, -0.2) is 11.0 Å². The third kappa shape index (κ3) is 2.99. The molecule has 0 aliphatic heterocycles. The molecule has 0 amide bonds. The Kier molecular flexibility index (Phi) is 4.05. The van der Waals surface area contributed by atoms with Gasteiger partial charge in [-0.3, -0.25) is 0 Å². The van der Waals surface area contributed by atoms with E-state index in [1.807, 2.05) is 6.07 Å². The van der Waals surface area contributed by atoms with E-state index >= 15 is 0 Å². The maximum Gasteiger partial charge on any atom is 0.184 e. The SMILES string of the molecule is CCC(C)C(C)Nc1nc2ccc(Br)cc2s1. The summed E-state index contributed by atoms with van der Waals surface area (Å²) < 4.78 is 2.33. The van der Waals surface area contributed by atoms with Gasteiger partial charge in [0.1, 0.15) is 0 Å². The van der Waals surface area contributed by atoms with Gasteiger partial charge in [-0.05, 0) is 31.0 Å². The van der Waals surface area contributed by atoms with Gasteiger partial charge in [0, 0.05) is 10.5 Å². The molecule has 92 valence electrons. The largest absolute Gasteiger partial charge is 0.359 e. The lowest BCUT2D eigenvalue weighted by atomic mass is 10.0. The molecule has 2 aromatic rings. The van der Waals surface area contributed by atoms with E-state index in [2.05, 4.69) is 59.1 Å². The average molecular weight is 313 g/mol. The summed E-state index contributed by atoms with van der Waals surface area (Å²) in [5, 5.41) is 4.51. The Balaban J connectivity index is 2.19. The second kappa shape index (κ2) is 5.36. The molecule has 0 bridgehead atoms. The molecule has 1 aromatic carbocycles. The Morgan fingerprint density at radius 3 is 2.88 bits per heavy atom. The van der Waals surface area contributed by atoms with Crippen LogP contribution in [0.2, 0.25) is 0 Å². The minimum absolute atomic E-state index is 0.462. The molecule has 1 aromatic heterocycles. The number of nitrogens with zero attached hydrogens (tertiary/aromatic N) is 1. The van der Waals surface area contributed by atoms with E-state index in [0.29, 0.717) is 12.0 Å². The summed E-state index contributed by atoms with van der Waals surface area (Å²) >= 11 is 5.20. The highest BCUT2D eigenvalue weighted by Gasteiger charge is 2.12. The van der Waals surface area contributed by atoms with Crippen LogP contribution in [-0.2, 0) is 0 Å². The normalized spacial score (nSPS) is 14.8. The summed E-state index contributed by atoms with van der Waals surface area (Å²) in [4.78, 5) is 4.60. The van der Waals surface area contributed by atoms with Crippen molar-refractivity contribution in [2.24, 2.45) is 5.92 Å². The van der Waals surface area contributed by atoms with Gasteiger partial charge in [-0.15, -0.1) is 0 Å². The number of hydrogen-bond acceptors (Lipinski definition) is 3. The standard InChI is InChI=1S/C13H17BrN2S/c1-4-8(2)9(3)15-13-16-11-6-5-10(14)7-12(11)17-13/h5-9H,4H2,1-3H3,(H,15,16). The van der Waals surface area contributed by atoms with Crippen LogP contribution < -0.4 is 5.32 Å². The van der Waals surface area contributed by atoms with Crippen molar-refractivity contribution < 1.29 is 0 Å². The maximum atomic E-state index is 4.60.